The number of esters is 1. The first-order valence-corrected chi connectivity index (χ1v) is 8.84. The van der Waals surface area contributed by atoms with Crippen LogP contribution >= 0.6 is 0 Å². The molecule has 0 saturated heterocycles. The maximum absolute atomic E-state index is 12.2. The van der Waals surface area contributed by atoms with E-state index in [0.29, 0.717) is 17.4 Å². The monoisotopic (exact) mass is 369 g/mol. The molecule has 5 rings (SSSR count). The second kappa shape index (κ2) is 6.70. The number of benzene rings is 3. The standard InChI is InChI=1S/C23H15NO4/c25-23-19(12-15-6-11-20-21(13-15)27-14-26-20)24-22(28-23)18-9-7-17(8-10-18)16-4-2-1-3-5-16/h1-13H,14H2/b19-12-. The highest BCUT2D eigenvalue weighted by molar-refractivity contribution is 6.13. The van der Waals surface area contributed by atoms with Crippen molar-refractivity contribution in [3.8, 4) is 22.6 Å². The average Bonchev–Trinajstić information content (AvgIpc) is 3.35. The van der Waals surface area contributed by atoms with E-state index in [1.807, 2.05) is 72.8 Å². The van der Waals surface area contributed by atoms with E-state index in [9.17, 15) is 4.79 Å². The summed E-state index contributed by atoms with van der Waals surface area (Å²) in [6, 6.07) is 23.3. The molecule has 3 aromatic carbocycles. The zero-order chi connectivity index (χ0) is 18.9. The van der Waals surface area contributed by atoms with E-state index in [0.717, 1.165) is 22.3 Å². The molecule has 136 valence electrons. The van der Waals surface area contributed by atoms with Gasteiger partial charge in [0.1, 0.15) is 0 Å². The Morgan fingerprint density at radius 2 is 1.50 bits per heavy atom. The van der Waals surface area contributed by atoms with Gasteiger partial charge in [-0.15, -0.1) is 0 Å². The highest BCUT2D eigenvalue weighted by Gasteiger charge is 2.24. The number of hydrogen-bond acceptors (Lipinski definition) is 5. The lowest BCUT2D eigenvalue weighted by Gasteiger charge is -2.03. The van der Waals surface area contributed by atoms with Crippen LogP contribution in [-0.2, 0) is 9.53 Å². The molecule has 0 N–H and O–H groups in total. The summed E-state index contributed by atoms with van der Waals surface area (Å²) in [6.45, 7) is 0.207. The second-order valence-corrected chi connectivity index (χ2v) is 6.39. The number of cyclic esters (lactones) is 1. The van der Waals surface area contributed by atoms with Crippen LogP contribution in [0.3, 0.4) is 0 Å². The number of nitrogens with zero attached hydrogens (tertiary/aromatic N) is 1. The number of fused-ring (bicyclic) bond motifs is 1. The third-order valence-corrected chi connectivity index (χ3v) is 4.56. The number of rotatable bonds is 3. The van der Waals surface area contributed by atoms with Crippen LogP contribution in [0.4, 0.5) is 0 Å². The van der Waals surface area contributed by atoms with Gasteiger partial charge in [-0.2, -0.15) is 0 Å². The van der Waals surface area contributed by atoms with Gasteiger partial charge in [-0.1, -0.05) is 48.5 Å². The molecule has 0 saturated carbocycles. The Labute approximate surface area is 161 Å². The van der Waals surface area contributed by atoms with Crippen molar-refractivity contribution >= 4 is 17.9 Å². The molecule has 3 aromatic rings. The van der Waals surface area contributed by atoms with Crippen molar-refractivity contribution in [2.75, 3.05) is 6.79 Å². The number of hydrogen-bond donors (Lipinski definition) is 0. The molecule has 5 heteroatoms. The molecule has 2 aliphatic heterocycles. The molecule has 0 spiro atoms. The lowest BCUT2D eigenvalue weighted by molar-refractivity contribution is -0.129. The zero-order valence-corrected chi connectivity index (χ0v) is 14.8. The van der Waals surface area contributed by atoms with Crippen LogP contribution in [-0.4, -0.2) is 18.7 Å². The Kier molecular flexibility index (Phi) is 3.91. The summed E-state index contributed by atoms with van der Waals surface area (Å²) in [5.41, 5.74) is 4.01. The summed E-state index contributed by atoms with van der Waals surface area (Å²) in [6.07, 6.45) is 1.68. The maximum atomic E-state index is 12.2. The fourth-order valence-electron chi connectivity index (χ4n) is 3.13. The minimum atomic E-state index is -0.472. The van der Waals surface area contributed by atoms with Gasteiger partial charge in [-0.3, -0.25) is 0 Å². The molecule has 0 radical (unpaired) electrons. The van der Waals surface area contributed by atoms with Crippen molar-refractivity contribution < 1.29 is 19.0 Å². The van der Waals surface area contributed by atoms with Crippen LogP contribution in [0.2, 0.25) is 0 Å². The van der Waals surface area contributed by atoms with Crippen LogP contribution in [0.25, 0.3) is 17.2 Å². The number of carbonyl (C=O) groups is 1. The molecule has 28 heavy (non-hydrogen) atoms. The van der Waals surface area contributed by atoms with E-state index < -0.39 is 5.97 Å². The van der Waals surface area contributed by atoms with Crippen molar-refractivity contribution in [3.05, 3.63) is 89.6 Å². The summed E-state index contributed by atoms with van der Waals surface area (Å²) >= 11 is 0. The molecular formula is C23H15NO4. The molecule has 0 fully saturated rings. The van der Waals surface area contributed by atoms with Crippen LogP contribution in [0, 0.1) is 0 Å². The first kappa shape index (κ1) is 16.3. The lowest BCUT2D eigenvalue weighted by Crippen LogP contribution is -2.05. The minimum Gasteiger partial charge on any atom is -0.454 e. The molecule has 0 aromatic heterocycles. The van der Waals surface area contributed by atoms with Crippen LogP contribution in [0.1, 0.15) is 11.1 Å². The third kappa shape index (κ3) is 3.03. The van der Waals surface area contributed by atoms with Gasteiger partial charge in [-0.25, -0.2) is 9.79 Å². The van der Waals surface area contributed by atoms with Crippen molar-refractivity contribution in [3.63, 3.8) is 0 Å². The zero-order valence-electron chi connectivity index (χ0n) is 14.8. The predicted molar refractivity (Wildman–Crippen MR) is 105 cm³/mol. The third-order valence-electron chi connectivity index (χ3n) is 4.56. The highest BCUT2D eigenvalue weighted by Crippen LogP contribution is 2.33. The van der Waals surface area contributed by atoms with Crippen molar-refractivity contribution in [1.82, 2.24) is 0 Å². The summed E-state index contributed by atoms with van der Waals surface area (Å²) in [4.78, 5) is 16.6. The Morgan fingerprint density at radius 1 is 0.786 bits per heavy atom. The number of carbonyl (C=O) groups excluding carboxylic acids is 1. The van der Waals surface area contributed by atoms with Crippen LogP contribution < -0.4 is 9.47 Å². The van der Waals surface area contributed by atoms with Gasteiger partial charge >= 0.3 is 5.97 Å². The Hall–Kier alpha value is -3.86. The van der Waals surface area contributed by atoms with Crippen molar-refractivity contribution in [1.29, 1.82) is 0 Å². The second-order valence-electron chi connectivity index (χ2n) is 6.39. The maximum Gasteiger partial charge on any atom is 0.363 e. The van der Waals surface area contributed by atoms with E-state index in [2.05, 4.69) is 4.99 Å². The summed E-state index contributed by atoms with van der Waals surface area (Å²) in [7, 11) is 0. The highest BCUT2D eigenvalue weighted by atomic mass is 16.7. The molecule has 0 amide bonds. The quantitative estimate of drug-likeness (QED) is 0.506. The first-order valence-electron chi connectivity index (χ1n) is 8.84. The van der Waals surface area contributed by atoms with Crippen molar-refractivity contribution in [2.45, 2.75) is 0 Å². The molecule has 0 unspecified atom stereocenters. The van der Waals surface area contributed by atoms with Gasteiger partial charge in [0.05, 0.1) is 0 Å². The molecule has 0 atom stereocenters. The van der Waals surface area contributed by atoms with Gasteiger partial charge in [0.15, 0.2) is 17.2 Å². The summed E-state index contributed by atoms with van der Waals surface area (Å²) < 4.78 is 16.0. The molecule has 2 heterocycles. The van der Waals surface area contributed by atoms with Crippen LogP contribution in [0.15, 0.2) is 83.5 Å². The summed E-state index contributed by atoms with van der Waals surface area (Å²) in [5.74, 6) is 1.18. The lowest BCUT2D eigenvalue weighted by atomic mass is 10.0. The van der Waals surface area contributed by atoms with Gasteiger partial charge < -0.3 is 14.2 Å². The topological polar surface area (TPSA) is 57.1 Å². The molecule has 0 bridgehead atoms. The van der Waals surface area contributed by atoms with E-state index in [1.165, 1.54) is 0 Å². The molecular weight excluding hydrogens is 354 g/mol. The van der Waals surface area contributed by atoms with Gasteiger partial charge in [0.2, 0.25) is 12.7 Å². The fraction of sp³-hybridized carbons (Fsp3) is 0.0435. The van der Waals surface area contributed by atoms with E-state index >= 15 is 0 Å². The number of ether oxygens (including phenoxy) is 3. The van der Waals surface area contributed by atoms with E-state index in [4.69, 9.17) is 14.2 Å². The Balaban J connectivity index is 1.41. The number of aliphatic imine (C=N–C) groups is 1. The van der Waals surface area contributed by atoms with E-state index in [1.54, 1.807) is 6.08 Å². The van der Waals surface area contributed by atoms with Gasteiger partial charge in [0.25, 0.3) is 0 Å². The Morgan fingerprint density at radius 3 is 2.32 bits per heavy atom. The SMILES string of the molecule is O=C1OC(c2ccc(-c3ccccc3)cc2)=N/C1=C\c1ccc2c(c1)OCO2. The largest absolute Gasteiger partial charge is 0.454 e. The average molecular weight is 369 g/mol. The molecule has 0 aliphatic carbocycles. The van der Waals surface area contributed by atoms with Crippen LogP contribution in [0.5, 0.6) is 11.5 Å². The van der Waals surface area contributed by atoms with Crippen molar-refractivity contribution in [2.24, 2.45) is 4.99 Å². The predicted octanol–water partition coefficient (Wildman–Crippen LogP) is 4.43. The van der Waals surface area contributed by atoms with Gasteiger partial charge in [0, 0.05) is 5.56 Å². The normalized spacial score (nSPS) is 16.2. The van der Waals surface area contributed by atoms with E-state index in [-0.39, 0.29) is 12.5 Å². The minimum absolute atomic E-state index is 0.207. The Bertz CT molecular complexity index is 1120. The smallest absolute Gasteiger partial charge is 0.363 e. The fourth-order valence-corrected chi connectivity index (χ4v) is 3.13. The molecule has 2 aliphatic rings. The van der Waals surface area contributed by atoms with Gasteiger partial charge in [-0.05, 0) is 47.0 Å². The first-order chi connectivity index (χ1) is 13.8. The molecule has 5 nitrogen and oxygen atoms in total. The summed E-state index contributed by atoms with van der Waals surface area (Å²) in [5, 5.41) is 0.